The van der Waals surface area contributed by atoms with Crippen molar-refractivity contribution in [3.8, 4) is 5.75 Å². The maximum absolute atomic E-state index is 12.4. The molecule has 0 unspecified atom stereocenters. The van der Waals surface area contributed by atoms with Crippen molar-refractivity contribution in [2.45, 2.75) is 6.92 Å². The molecule has 2 aromatic heterocycles. The standard InChI is InChI=1S/C18H13N3O2/c1-11-5-6-12-3-2-4-16(17(12)21-11)23-18(22)13-7-8-14-15(9-13)20-10-19-14/h2-10H,1H3,(H,19,20). The smallest absolute Gasteiger partial charge is 0.343 e. The molecular weight excluding hydrogens is 290 g/mol. The number of imidazole rings is 1. The number of para-hydroxylation sites is 1. The summed E-state index contributed by atoms with van der Waals surface area (Å²) in [7, 11) is 0. The van der Waals surface area contributed by atoms with E-state index in [1.807, 2.05) is 31.2 Å². The van der Waals surface area contributed by atoms with Gasteiger partial charge in [0.2, 0.25) is 0 Å². The van der Waals surface area contributed by atoms with Crippen molar-refractivity contribution in [2.24, 2.45) is 0 Å². The van der Waals surface area contributed by atoms with Crippen molar-refractivity contribution < 1.29 is 9.53 Å². The Bertz CT molecular complexity index is 1040. The molecule has 0 aliphatic carbocycles. The van der Waals surface area contributed by atoms with E-state index in [-0.39, 0.29) is 0 Å². The van der Waals surface area contributed by atoms with Crippen LogP contribution < -0.4 is 4.74 Å². The highest BCUT2D eigenvalue weighted by molar-refractivity contribution is 5.96. The van der Waals surface area contributed by atoms with Crippen LogP contribution in [-0.2, 0) is 0 Å². The average Bonchev–Trinajstić information content (AvgIpc) is 3.03. The summed E-state index contributed by atoms with van der Waals surface area (Å²) in [6, 6.07) is 14.7. The molecule has 0 saturated heterocycles. The molecule has 4 rings (SSSR count). The van der Waals surface area contributed by atoms with Crippen LogP contribution in [0.5, 0.6) is 5.75 Å². The van der Waals surface area contributed by atoms with Gasteiger partial charge in [0.1, 0.15) is 5.52 Å². The lowest BCUT2D eigenvalue weighted by molar-refractivity contribution is 0.0737. The number of hydrogen-bond acceptors (Lipinski definition) is 4. The fraction of sp³-hybridized carbons (Fsp3) is 0.0556. The zero-order chi connectivity index (χ0) is 15.8. The molecule has 0 aliphatic rings. The fourth-order valence-electron chi connectivity index (χ4n) is 2.52. The molecule has 2 heterocycles. The van der Waals surface area contributed by atoms with Gasteiger partial charge in [-0.2, -0.15) is 0 Å². The summed E-state index contributed by atoms with van der Waals surface area (Å²) in [6.45, 7) is 1.91. The van der Waals surface area contributed by atoms with Crippen molar-refractivity contribution in [1.82, 2.24) is 15.0 Å². The lowest BCUT2D eigenvalue weighted by atomic mass is 10.2. The highest BCUT2D eigenvalue weighted by atomic mass is 16.5. The number of aromatic amines is 1. The first kappa shape index (κ1) is 13.5. The fourth-order valence-corrected chi connectivity index (χ4v) is 2.52. The molecule has 1 N–H and O–H groups in total. The number of aromatic nitrogens is 3. The third kappa shape index (κ3) is 2.42. The van der Waals surface area contributed by atoms with Gasteiger partial charge in [0.25, 0.3) is 0 Å². The Morgan fingerprint density at radius 2 is 2.04 bits per heavy atom. The summed E-state index contributed by atoms with van der Waals surface area (Å²) in [5, 5.41) is 0.935. The van der Waals surface area contributed by atoms with Crippen LogP contribution in [0, 0.1) is 6.92 Å². The number of benzene rings is 2. The second-order valence-electron chi connectivity index (χ2n) is 5.30. The van der Waals surface area contributed by atoms with Crippen LogP contribution in [0.1, 0.15) is 16.1 Å². The Balaban J connectivity index is 1.72. The monoisotopic (exact) mass is 303 g/mol. The maximum atomic E-state index is 12.4. The van der Waals surface area contributed by atoms with Gasteiger partial charge in [0, 0.05) is 11.1 Å². The summed E-state index contributed by atoms with van der Waals surface area (Å²) in [4.78, 5) is 24.0. The second kappa shape index (κ2) is 5.21. The van der Waals surface area contributed by atoms with Crippen molar-refractivity contribution in [3.63, 3.8) is 0 Å². The number of carbonyl (C=O) groups excluding carboxylic acids is 1. The van der Waals surface area contributed by atoms with Crippen LogP contribution in [-0.4, -0.2) is 20.9 Å². The van der Waals surface area contributed by atoms with Gasteiger partial charge in [-0.3, -0.25) is 0 Å². The Kier molecular flexibility index (Phi) is 3.05. The summed E-state index contributed by atoms with van der Waals surface area (Å²) < 4.78 is 5.56. The first-order valence-corrected chi connectivity index (χ1v) is 7.22. The number of nitrogens with one attached hydrogen (secondary N) is 1. The van der Waals surface area contributed by atoms with Gasteiger partial charge in [0.15, 0.2) is 5.75 Å². The lowest BCUT2D eigenvalue weighted by Gasteiger charge is -2.08. The van der Waals surface area contributed by atoms with E-state index in [9.17, 15) is 4.79 Å². The number of esters is 1. The highest BCUT2D eigenvalue weighted by Crippen LogP contribution is 2.25. The summed E-state index contributed by atoms with van der Waals surface area (Å²) >= 11 is 0. The topological polar surface area (TPSA) is 67.9 Å². The predicted octanol–water partition coefficient (Wildman–Crippen LogP) is 3.64. The van der Waals surface area contributed by atoms with E-state index in [2.05, 4.69) is 15.0 Å². The predicted molar refractivity (Wildman–Crippen MR) is 87.5 cm³/mol. The molecule has 0 aliphatic heterocycles. The van der Waals surface area contributed by atoms with E-state index < -0.39 is 5.97 Å². The van der Waals surface area contributed by atoms with Crippen molar-refractivity contribution in [3.05, 3.63) is 66.1 Å². The SMILES string of the molecule is Cc1ccc2cccc(OC(=O)c3ccc4nc[nH]c4c3)c2n1. The number of ether oxygens (including phenoxy) is 1. The minimum absolute atomic E-state index is 0.419. The number of rotatable bonds is 2. The van der Waals surface area contributed by atoms with Crippen LogP contribution in [0.25, 0.3) is 21.9 Å². The zero-order valence-electron chi connectivity index (χ0n) is 12.4. The number of carbonyl (C=O) groups is 1. The maximum Gasteiger partial charge on any atom is 0.343 e. The minimum atomic E-state index is -0.419. The second-order valence-corrected chi connectivity index (χ2v) is 5.30. The molecule has 23 heavy (non-hydrogen) atoms. The first-order valence-electron chi connectivity index (χ1n) is 7.22. The number of aryl methyl sites for hydroxylation is 1. The van der Waals surface area contributed by atoms with E-state index in [0.717, 1.165) is 22.1 Å². The molecule has 0 fully saturated rings. The number of nitrogens with zero attached hydrogens (tertiary/aromatic N) is 2. The van der Waals surface area contributed by atoms with Gasteiger partial charge >= 0.3 is 5.97 Å². The quantitative estimate of drug-likeness (QED) is 0.453. The van der Waals surface area contributed by atoms with Crippen LogP contribution in [0.15, 0.2) is 54.9 Å². The normalized spacial score (nSPS) is 11.0. The third-order valence-electron chi connectivity index (χ3n) is 3.68. The lowest BCUT2D eigenvalue weighted by Crippen LogP contribution is -2.09. The molecule has 0 spiro atoms. The van der Waals surface area contributed by atoms with Gasteiger partial charge in [-0.15, -0.1) is 0 Å². The molecule has 5 heteroatoms. The zero-order valence-corrected chi connectivity index (χ0v) is 12.4. The van der Waals surface area contributed by atoms with Crippen molar-refractivity contribution in [1.29, 1.82) is 0 Å². The molecular formula is C18H13N3O2. The molecule has 112 valence electrons. The van der Waals surface area contributed by atoms with E-state index >= 15 is 0 Å². The largest absolute Gasteiger partial charge is 0.421 e. The number of hydrogen-bond donors (Lipinski definition) is 1. The van der Waals surface area contributed by atoms with Gasteiger partial charge in [0.05, 0.1) is 22.9 Å². The summed E-state index contributed by atoms with van der Waals surface area (Å²) in [5.41, 5.74) is 3.63. The molecule has 0 saturated carbocycles. The van der Waals surface area contributed by atoms with Gasteiger partial charge < -0.3 is 9.72 Å². The Hall–Kier alpha value is -3.21. The molecule has 0 bridgehead atoms. The van der Waals surface area contributed by atoms with Gasteiger partial charge in [-0.1, -0.05) is 18.2 Å². The summed E-state index contributed by atoms with van der Waals surface area (Å²) in [6.07, 6.45) is 1.59. The molecule has 4 aromatic rings. The van der Waals surface area contributed by atoms with Crippen LogP contribution in [0.3, 0.4) is 0 Å². The molecule has 0 atom stereocenters. The van der Waals surface area contributed by atoms with Gasteiger partial charge in [-0.05, 0) is 37.3 Å². The molecule has 0 amide bonds. The first-order chi connectivity index (χ1) is 11.2. The third-order valence-corrected chi connectivity index (χ3v) is 3.68. The van der Waals surface area contributed by atoms with Crippen LogP contribution in [0.4, 0.5) is 0 Å². The number of fused-ring (bicyclic) bond motifs is 2. The average molecular weight is 303 g/mol. The molecule has 0 radical (unpaired) electrons. The molecule has 5 nitrogen and oxygen atoms in total. The number of H-pyrrole nitrogens is 1. The van der Waals surface area contributed by atoms with E-state index in [1.165, 1.54) is 0 Å². The van der Waals surface area contributed by atoms with E-state index in [1.54, 1.807) is 30.6 Å². The van der Waals surface area contributed by atoms with Crippen LogP contribution >= 0.6 is 0 Å². The Labute approximate surface area is 132 Å². The minimum Gasteiger partial charge on any atom is -0.421 e. The Morgan fingerprint density at radius 1 is 1.13 bits per heavy atom. The highest BCUT2D eigenvalue weighted by Gasteiger charge is 2.13. The molecule has 2 aromatic carbocycles. The van der Waals surface area contributed by atoms with Gasteiger partial charge in [-0.25, -0.2) is 14.8 Å². The Morgan fingerprint density at radius 3 is 2.96 bits per heavy atom. The van der Waals surface area contributed by atoms with Crippen molar-refractivity contribution in [2.75, 3.05) is 0 Å². The van der Waals surface area contributed by atoms with E-state index in [0.29, 0.717) is 16.8 Å². The van der Waals surface area contributed by atoms with Crippen molar-refractivity contribution >= 4 is 27.9 Å². The van der Waals surface area contributed by atoms with Crippen LogP contribution in [0.2, 0.25) is 0 Å². The summed E-state index contributed by atoms with van der Waals surface area (Å²) in [5.74, 6) is 0.0400. The number of pyridine rings is 1. The van der Waals surface area contributed by atoms with E-state index in [4.69, 9.17) is 4.74 Å².